The van der Waals surface area contributed by atoms with Crippen LogP contribution in [0.1, 0.15) is 36.7 Å². The van der Waals surface area contributed by atoms with Crippen molar-refractivity contribution in [3.63, 3.8) is 0 Å². The van der Waals surface area contributed by atoms with Crippen molar-refractivity contribution in [1.29, 1.82) is 0 Å². The molecule has 1 saturated carbocycles. The number of nitrogens with zero attached hydrogens (tertiary/aromatic N) is 3. The van der Waals surface area contributed by atoms with Gasteiger partial charge >= 0.3 is 5.97 Å². The largest absolute Gasteiger partial charge is 0.469 e. The van der Waals surface area contributed by atoms with Gasteiger partial charge < -0.3 is 4.74 Å². The van der Waals surface area contributed by atoms with Gasteiger partial charge in [-0.25, -0.2) is 18.2 Å². The Bertz CT molecular complexity index is 770. The van der Waals surface area contributed by atoms with Crippen LogP contribution in [-0.2, 0) is 9.53 Å². The maximum absolute atomic E-state index is 13.3. The van der Waals surface area contributed by atoms with E-state index in [4.69, 9.17) is 0 Å². The number of rotatable bonds is 4. The molecule has 0 atom stereocenters. The SMILES string of the molecule is COC(=O)C1CC(n2cc(-c3ccc(F)c(C)n3)c(C(F)F)n2)C1. The first kappa shape index (κ1) is 16.5. The molecule has 2 heterocycles. The average Bonchev–Trinajstić information content (AvgIpc) is 2.93. The molecule has 0 N–H and O–H groups in total. The summed E-state index contributed by atoms with van der Waals surface area (Å²) in [6, 6.07) is 2.41. The zero-order valence-corrected chi connectivity index (χ0v) is 13.2. The van der Waals surface area contributed by atoms with Crippen LogP contribution < -0.4 is 0 Å². The van der Waals surface area contributed by atoms with E-state index in [2.05, 4.69) is 14.8 Å². The number of esters is 1. The van der Waals surface area contributed by atoms with Crippen molar-refractivity contribution in [1.82, 2.24) is 14.8 Å². The molecule has 24 heavy (non-hydrogen) atoms. The Hall–Kier alpha value is -2.38. The molecule has 0 bridgehead atoms. The van der Waals surface area contributed by atoms with Gasteiger partial charge in [0.2, 0.25) is 0 Å². The molecule has 2 aromatic heterocycles. The van der Waals surface area contributed by atoms with Crippen molar-refractivity contribution in [3.8, 4) is 11.3 Å². The monoisotopic (exact) mass is 339 g/mol. The Morgan fingerprint density at radius 2 is 2.08 bits per heavy atom. The molecule has 0 saturated heterocycles. The second-order valence-electron chi connectivity index (χ2n) is 5.82. The molecule has 1 aliphatic rings. The van der Waals surface area contributed by atoms with Crippen LogP contribution in [0.3, 0.4) is 0 Å². The Morgan fingerprint density at radius 1 is 1.38 bits per heavy atom. The predicted octanol–water partition coefficient (Wildman–Crippen LogP) is 3.45. The number of methoxy groups -OCH3 is 1. The number of carbonyl (C=O) groups excluding carboxylic acids is 1. The van der Waals surface area contributed by atoms with Crippen molar-refractivity contribution in [2.75, 3.05) is 7.11 Å². The smallest absolute Gasteiger partial charge is 0.308 e. The maximum Gasteiger partial charge on any atom is 0.308 e. The first-order valence-corrected chi connectivity index (χ1v) is 7.49. The molecular formula is C16H16F3N3O2. The van der Waals surface area contributed by atoms with E-state index in [1.54, 1.807) is 0 Å². The van der Waals surface area contributed by atoms with E-state index in [0.29, 0.717) is 12.8 Å². The van der Waals surface area contributed by atoms with Crippen LogP contribution in [0.4, 0.5) is 13.2 Å². The molecule has 2 aromatic rings. The Balaban J connectivity index is 1.89. The van der Waals surface area contributed by atoms with Gasteiger partial charge in [0.15, 0.2) is 0 Å². The van der Waals surface area contributed by atoms with Gasteiger partial charge in [0.1, 0.15) is 11.5 Å². The van der Waals surface area contributed by atoms with Crippen molar-refractivity contribution in [3.05, 3.63) is 35.5 Å². The van der Waals surface area contributed by atoms with Crippen LogP contribution in [0.2, 0.25) is 0 Å². The highest BCUT2D eigenvalue weighted by molar-refractivity contribution is 5.73. The zero-order chi connectivity index (χ0) is 17.4. The molecular weight excluding hydrogens is 323 g/mol. The van der Waals surface area contributed by atoms with E-state index in [9.17, 15) is 18.0 Å². The van der Waals surface area contributed by atoms with Gasteiger partial charge in [0.25, 0.3) is 6.43 Å². The Morgan fingerprint density at radius 3 is 2.67 bits per heavy atom. The molecule has 0 aromatic carbocycles. The molecule has 1 fully saturated rings. The lowest BCUT2D eigenvalue weighted by Crippen LogP contribution is -2.33. The number of pyridine rings is 1. The Labute approximate surface area is 136 Å². The molecule has 3 rings (SSSR count). The highest BCUT2D eigenvalue weighted by atomic mass is 19.3. The number of hydrogen-bond acceptors (Lipinski definition) is 4. The number of aryl methyl sites for hydroxylation is 1. The van der Waals surface area contributed by atoms with Crippen LogP contribution in [-0.4, -0.2) is 27.8 Å². The molecule has 128 valence electrons. The van der Waals surface area contributed by atoms with Gasteiger partial charge in [0.05, 0.1) is 30.5 Å². The van der Waals surface area contributed by atoms with Gasteiger partial charge in [-0.3, -0.25) is 9.48 Å². The fourth-order valence-electron chi connectivity index (χ4n) is 2.81. The number of hydrogen-bond donors (Lipinski definition) is 0. The molecule has 0 amide bonds. The number of carbonyl (C=O) groups is 1. The highest BCUT2D eigenvalue weighted by Crippen LogP contribution is 2.40. The molecule has 0 radical (unpaired) electrons. The standard InChI is InChI=1S/C16H16F3N3O2/c1-8-12(17)3-4-13(20-8)11-7-22(21-14(11)15(18)19)10-5-9(6-10)16(23)24-2/h3-4,7,9-10,15H,5-6H2,1-2H3. The van der Waals surface area contributed by atoms with E-state index >= 15 is 0 Å². The second-order valence-corrected chi connectivity index (χ2v) is 5.82. The van der Waals surface area contributed by atoms with Gasteiger partial charge in [-0.2, -0.15) is 5.10 Å². The topological polar surface area (TPSA) is 57.0 Å². The summed E-state index contributed by atoms with van der Waals surface area (Å²) in [6.07, 6.45) is -0.303. The summed E-state index contributed by atoms with van der Waals surface area (Å²) in [7, 11) is 1.32. The first-order valence-electron chi connectivity index (χ1n) is 7.49. The number of ether oxygens (including phenoxy) is 1. The predicted molar refractivity (Wildman–Crippen MR) is 78.9 cm³/mol. The van der Waals surface area contributed by atoms with Crippen molar-refractivity contribution in [2.45, 2.75) is 32.2 Å². The van der Waals surface area contributed by atoms with E-state index in [-0.39, 0.29) is 34.9 Å². The minimum absolute atomic E-state index is 0.134. The third kappa shape index (κ3) is 2.88. The van der Waals surface area contributed by atoms with Crippen molar-refractivity contribution < 1.29 is 22.7 Å². The summed E-state index contributed by atoms with van der Waals surface area (Å²) in [4.78, 5) is 15.4. The lowest BCUT2D eigenvalue weighted by Gasteiger charge is -2.33. The van der Waals surface area contributed by atoms with E-state index in [0.717, 1.165) is 0 Å². The summed E-state index contributed by atoms with van der Waals surface area (Å²) in [5.41, 5.74) is 0.166. The first-order chi connectivity index (χ1) is 11.4. The number of alkyl halides is 2. The molecule has 0 aliphatic heterocycles. The summed E-state index contributed by atoms with van der Waals surface area (Å²) in [5.74, 6) is -1.03. The van der Waals surface area contributed by atoms with Gasteiger partial charge in [-0.1, -0.05) is 0 Å². The average molecular weight is 339 g/mol. The molecule has 5 nitrogen and oxygen atoms in total. The third-order valence-electron chi connectivity index (χ3n) is 4.29. The molecule has 0 spiro atoms. The summed E-state index contributed by atoms with van der Waals surface area (Å²) in [6.45, 7) is 1.47. The summed E-state index contributed by atoms with van der Waals surface area (Å²) in [5, 5.41) is 3.96. The summed E-state index contributed by atoms with van der Waals surface area (Å²) >= 11 is 0. The fourth-order valence-corrected chi connectivity index (χ4v) is 2.81. The van der Waals surface area contributed by atoms with E-state index in [1.807, 2.05) is 0 Å². The van der Waals surface area contributed by atoms with Crippen LogP contribution in [0.5, 0.6) is 0 Å². The van der Waals surface area contributed by atoms with Crippen LogP contribution in [0.25, 0.3) is 11.3 Å². The third-order valence-corrected chi connectivity index (χ3v) is 4.29. The van der Waals surface area contributed by atoms with Crippen molar-refractivity contribution >= 4 is 5.97 Å². The maximum atomic E-state index is 13.3. The lowest BCUT2D eigenvalue weighted by atomic mass is 9.80. The van der Waals surface area contributed by atoms with E-state index < -0.39 is 17.9 Å². The second kappa shape index (κ2) is 6.26. The zero-order valence-electron chi connectivity index (χ0n) is 13.2. The molecule has 0 unspecified atom stereocenters. The fraction of sp³-hybridized carbons (Fsp3) is 0.438. The number of aromatic nitrogens is 3. The molecule has 1 aliphatic carbocycles. The lowest BCUT2D eigenvalue weighted by molar-refractivity contribution is -0.149. The van der Waals surface area contributed by atoms with Gasteiger partial charge in [0, 0.05) is 11.8 Å². The minimum atomic E-state index is -2.77. The van der Waals surface area contributed by atoms with Crippen LogP contribution >= 0.6 is 0 Å². The molecule has 8 heteroatoms. The van der Waals surface area contributed by atoms with Crippen LogP contribution in [0, 0.1) is 18.7 Å². The van der Waals surface area contributed by atoms with Gasteiger partial charge in [-0.05, 0) is 31.9 Å². The number of halogens is 3. The Kier molecular flexibility index (Phi) is 4.29. The summed E-state index contributed by atoms with van der Waals surface area (Å²) < 4.78 is 46.1. The minimum Gasteiger partial charge on any atom is -0.469 e. The van der Waals surface area contributed by atoms with Crippen molar-refractivity contribution in [2.24, 2.45) is 5.92 Å². The normalized spacial score (nSPS) is 20.1. The van der Waals surface area contributed by atoms with Gasteiger partial charge in [-0.15, -0.1) is 0 Å². The van der Waals surface area contributed by atoms with Crippen LogP contribution in [0.15, 0.2) is 18.3 Å². The quantitative estimate of drug-likeness (QED) is 0.801. The highest BCUT2D eigenvalue weighted by Gasteiger charge is 2.37. The van der Waals surface area contributed by atoms with E-state index in [1.165, 1.54) is 37.0 Å².